The van der Waals surface area contributed by atoms with Gasteiger partial charge < -0.3 is 4.74 Å². The summed E-state index contributed by atoms with van der Waals surface area (Å²) in [6, 6.07) is 0. The first-order valence-electron chi connectivity index (χ1n) is 7.67. The molecule has 18 heavy (non-hydrogen) atoms. The van der Waals surface area contributed by atoms with E-state index in [9.17, 15) is 0 Å². The van der Waals surface area contributed by atoms with E-state index >= 15 is 0 Å². The largest absolute Gasteiger partial charge is 0.381 e. The van der Waals surface area contributed by atoms with Crippen LogP contribution in [0, 0.1) is 17.3 Å². The first-order chi connectivity index (χ1) is 8.45. The zero-order valence-corrected chi connectivity index (χ0v) is 13.4. The van der Waals surface area contributed by atoms with Crippen LogP contribution in [-0.2, 0) is 4.74 Å². The number of alkyl halides is 1. The van der Waals surface area contributed by atoms with Gasteiger partial charge in [0, 0.05) is 18.6 Å². The van der Waals surface area contributed by atoms with Crippen molar-refractivity contribution in [3.05, 3.63) is 0 Å². The molecule has 1 rings (SSSR count). The maximum absolute atomic E-state index is 6.48. The van der Waals surface area contributed by atoms with E-state index in [2.05, 4.69) is 27.7 Å². The Morgan fingerprint density at radius 1 is 1.17 bits per heavy atom. The van der Waals surface area contributed by atoms with Gasteiger partial charge in [0.05, 0.1) is 0 Å². The van der Waals surface area contributed by atoms with Crippen molar-refractivity contribution in [2.45, 2.75) is 71.6 Å². The molecule has 1 aliphatic carbocycles. The average Bonchev–Trinajstić information content (AvgIpc) is 2.29. The van der Waals surface area contributed by atoms with Crippen molar-refractivity contribution >= 4 is 11.6 Å². The minimum atomic E-state index is 0.373. The van der Waals surface area contributed by atoms with Gasteiger partial charge in [0.1, 0.15) is 0 Å². The molecule has 1 nitrogen and oxygen atoms in total. The van der Waals surface area contributed by atoms with Gasteiger partial charge in [0.15, 0.2) is 0 Å². The number of halogens is 1. The van der Waals surface area contributed by atoms with Crippen LogP contribution in [0.25, 0.3) is 0 Å². The normalized spacial score (nSPS) is 29.5. The third kappa shape index (κ3) is 5.48. The van der Waals surface area contributed by atoms with Crippen LogP contribution in [0.3, 0.4) is 0 Å². The summed E-state index contributed by atoms with van der Waals surface area (Å²) in [5.41, 5.74) is 0.429. The lowest BCUT2D eigenvalue weighted by molar-refractivity contribution is 0.0892. The smallest absolute Gasteiger partial charge is 0.0469 e. The minimum absolute atomic E-state index is 0.373. The van der Waals surface area contributed by atoms with Crippen molar-refractivity contribution in [1.29, 1.82) is 0 Å². The maximum Gasteiger partial charge on any atom is 0.0469 e. The molecule has 0 aromatic heterocycles. The topological polar surface area (TPSA) is 9.23 Å². The third-order valence-electron chi connectivity index (χ3n) is 4.39. The van der Waals surface area contributed by atoms with Crippen LogP contribution in [0.2, 0.25) is 0 Å². The molecule has 108 valence electrons. The number of ether oxygens (including phenoxy) is 1. The number of hydrogen-bond donors (Lipinski definition) is 0. The van der Waals surface area contributed by atoms with Crippen LogP contribution in [-0.4, -0.2) is 18.6 Å². The van der Waals surface area contributed by atoms with Crippen molar-refractivity contribution in [2.75, 3.05) is 13.2 Å². The minimum Gasteiger partial charge on any atom is -0.381 e. The molecule has 0 radical (unpaired) electrons. The summed E-state index contributed by atoms with van der Waals surface area (Å²) in [6.45, 7) is 11.1. The molecule has 0 heterocycles. The Morgan fingerprint density at radius 3 is 2.50 bits per heavy atom. The Hall–Kier alpha value is 0.250. The second kappa shape index (κ2) is 7.75. The highest BCUT2D eigenvalue weighted by Crippen LogP contribution is 2.42. The molecule has 0 aliphatic heterocycles. The second-order valence-corrected chi connectivity index (χ2v) is 7.47. The van der Waals surface area contributed by atoms with Crippen LogP contribution in [0.5, 0.6) is 0 Å². The van der Waals surface area contributed by atoms with E-state index in [0.29, 0.717) is 16.7 Å². The van der Waals surface area contributed by atoms with Gasteiger partial charge in [0.25, 0.3) is 0 Å². The first-order valence-corrected chi connectivity index (χ1v) is 8.10. The Morgan fingerprint density at radius 2 is 1.89 bits per heavy atom. The van der Waals surface area contributed by atoms with Crippen LogP contribution < -0.4 is 0 Å². The lowest BCUT2D eigenvalue weighted by Gasteiger charge is -2.40. The fourth-order valence-corrected chi connectivity index (χ4v) is 3.25. The highest BCUT2D eigenvalue weighted by molar-refractivity contribution is 6.20. The maximum atomic E-state index is 6.48. The van der Waals surface area contributed by atoms with Crippen LogP contribution >= 0.6 is 11.6 Å². The molecule has 0 saturated heterocycles. The Bertz CT molecular complexity index is 222. The number of unbranched alkanes of at least 4 members (excludes halogenated alkanes) is 1. The molecule has 0 spiro atoms. The van der Waals surface area contributed by atoms with Gasteiger partial charge in [0.2, 0.25) is 0 Å². The average molecular weight is 275 g/mol. The van der Waals surface area contributed by atoms with Gasteiger partial charge in [-0.1, -0.05) is 34.1 Å². The van der Waals surface area contributed by atoms with E-state index < -0.39 is 0 Å². The van der Waals surface area contributed by atoms with Gasteiger partial charge in [-0.3, -0.25) is 0 Å². The fourth-order valence-electron chi connectivity index (χ4n) is 2.90. The van der Waals surface area contributed by atoms with E-state index in [0.717, 1.165) is 25.6 Å². The van der Waals surface area contributed by atoms with Gasteiger partial charge in [-0.25, -0.2) is 0 Å². The quantitative estimate of drug-likeness (QED) is 0.474. The van der Waals surface area contributed by atoms with E-state index in [4.69, 9.17) is 16.3 Å². The monoisotopic (exact) mass is 274 g/mol. The van der Waals surface area contributed by atoms with E-state index in [-0.39, 0.29) is 0 Å². The third-order valence-corrected chi connectivity index (χ3v) is 4.96. The Labute approximate surface area is 119 Å². The summed E-state index contributed by atoms with van der Waals surface area (Å²) < 4.78 is 5.69. The van der Waals surface area contributed by atoms with Gasteiger partial charge in [-0.05, 0) is 49.4 Å². The number of rotatable bonds is 6. The van der Waals surface area contributed by atoms with Crippen molar-refractivity contribution in [3.63, 3.8) is 0 Å². The summed E-state index contributed by atoms with van der Waals surface area (Å²) in [5, 5.41) is 0.373. The molecule has 0 aromatic carbocycles. The van der Waals surface area contributed by atoms with Crippen LogP contribution in [0.4, 0.5) is 0 Å². The molecule has 1 saturated carbocycles. The van der Waals surface area contributed by atoms with E-state index in [1.165, 1.54) is 32.1 Å². The molecule has 3 atom stereocenters. The zero-order chi connectivity index (χ0) is 13.6. The van der Waals surface area contributed by atoms with Crippen molar-refractivity contribution < 1.29 is 4.74 Å². The van der Waals surface area contributed by atoms with Crippen molar-refractivity contribution in [2.24, 2.45) is 17.3 Å². The molecule has 0 amide bonds. The molecule has 2 heteroatoms. The lowest BCUT2D eigenvalue weighted by atomic mass is 9.68. The Kier molecular flexibility index (Phi) is 7.02. The fraction of sp³-hybridized carbons (Fsp3) is 1.00. The van der Waals surface area contributed by atoms with Crippen LogP contribution in [0.1, 0.15) is 66.2 Å². The van der Waals surface area contributed by atoms with Crippen molar-refractivity contribution in [3.8, 4) is 0 Å². The molecule has 0 aromatic rings. The SMILES string of the molecule is CCCCOCCC1CC(C(C)(C)C)CCC1Cl. The summed E-state index contributed by atoms with van der Waals surface area (Å²) in [4.78, 5) is 0. The van der Waals surface area contributed by atoms with Crippen LogP contribution in [0.15, 0.2) is 0 Å². The molecule has 0 bridgehead atoms. The predicted molar refractivity (Wildman–Crippen MR) is 80.3 cm³/mol. The molecular weight excluding hydrogens is 244 g/mol. The molecule has 0 N–H and O–H groups in total. The molecule has 1 aliphatic rings. The second-order valence-electron chi connectivity index (χ2n) is 6.91. The highest BCUT2D eigenvalue weighted by Gasteiger charge is 2.34. The molecule has 3 unspecified atom stereocenters. The lowest BCUT2D eigenvalue weighted by Crippen LogP contribution is -2.33. The number of hydrogen-bond acceptors (Lipinski definition) is 1. The Balaban J connectivity index is 2.29. The molecule has 1 fully saturated rings. The standard InChI is InChI=1S/C16H31ClO/c1-5-6-10-18-11-9-13-12-14(16(2,3)4)7-8-15(13)17/h13-15H,5-12H2,1-4H3. The van der Waals surface area contributed by atoms with Crippen molar-refractivity contribution in [1.82, 2.24) is 0 Å². The van der Waals surface area contributed by atoms with E-state index in [1.54, 1.807) is 0 Å². The summed E-state index contributed by atoms with van der Waals surface area (Å²) in [7, 11) is 0. The van der Waals surface area contributed by atoms with Gasteiger partial charge >= 0.3 is 0 Å². The first kappa shape index (κ1) is 16.3. The summed E-state index contributed by atoms with van der Waals surface area (Å²) in [5.74, 6) is 1.49. The van der Waals surface area contributed by atoms with E-state index in [1.807, 2.05) is 0 Å². The van der Waals surface area contributed by atoms with Gasteiger partial charge in [-0.15, -0.1) is 11.6 Å². The highest BCUT2D eigenvalue weighted by atomic mass is 35.5. The summed E-state index contributed by atoms with van der Waals surface area (Å²) >= 11 is 6.48. The van der Waals surface area contributed by atoms with Gasteiger partial charge in [-0.2, -0.15) is 0 Å². The zero-order valence-electron chi connectivity index (χ0n) is 12.7. The molecular formula is C16H31ClO. The predicted octanol–water partition coefficient (Wildman–Crippen LogP) is 5.26. The summed E-state index contributed by atoms with van der Waals surface area (Å²) in [6.07, 6.45) is 7.31.